The number of fused-ring (bicyclic) bond motifs is 2. The molecule has 7 heteroatoms. The average molecular weight is 529 g/mol. The molecule has 0 N–H and O–H groups in total. The number of rotatable bonds is 8. The van der Waals surface area contributed by atoms with Crippen molar-refractivity contribution >= 4 is 45.1 Å². The second-order valence-electron chi connectivity index (χ2n) is 11.0. The number of benzene rings is 3. The molecule has 2 unspecified atom stereocenters. The van der Waals surface area contributed by atoms with E-state index in [1.807, 2.05) is 85.7 Å². The van der Waals surface area contributed by atoms with Crippen LogP contribution in [-0.2, 0) is 19.1 Å². The van der Waals surface area contributed by atoms with Crippen LogP contribution in [0, 0.1) is 0 Å². The number of esters is 2. The fourth-order valence-electron chi connectivity index (χ4n) is 3.94. The van der Waals surface area contributed by atoms with Gasteiger partial charge in [0.25, 0.3) is 0 Å². The number of halogens is 1. The standard InChI is InChI=1S/C30H37ClO6/c1-9-23(27(32)36-29(3,4)5)34-25-19-13-11-12-14-20(19)26(22-17-18(31)15-16-21(22)25)35-24(10-2)28(33)37-30(6,7)8/h11-17,23-24H,9-10H2,1-8H3. The zero-order chi connectivity index (χ0) is 27.5. The van der Waals surface area contributed by atoms with Crippen molar-refractivity contribution in [1.29, 1.82) is 0 Å². The van der Waals surface area contributed by atoms with E-state index >= 15 is 0 Å². The topological polar surface area (TPSA) is 71.1 Å². The summed E-state index contributed by atoms with van der Waals surface area (Å²) < 4.78 is 23.9. The quantitative estimate of drug-likeness (QED) is 0.221. The summed E-state index contributed by atoms with van der Waals surface area (Å²) in [6.45, 7) is 14.7. The van der Waals surface area contributed by atoms with Crippen LogP contribution in [0.5, 0.6) is 11.5 Å². The molecule has 2 atom stereocenters. The molecule has 0 spiro atoms. The molecule has 0 fully saturated rings. The Morgan fingerprint density at radius 1 is 0.703 bits per heavy atom. The molecule has 6 nitrogen and oxygen atoms in total. The Balaban J connectivity index is 2.18. The molecule has 0 saturated carbocycles. The van der Waals surface area contributed by atoms with E-state index in [1.165, 1.54) is 0 Å². The van der Waals surface area contributed by atoms with Crippen LogP contribution in [0.15, 0.2) is 42.5 Å². The number of hydrogen-bond acceptors (Lipinski definition) is 6. The Kier molecular flexibility index (Phi) is 8.63. The minimum atomic E-state index is -0.818. The SMILES string of the molecule is CCC(Oc1c2ccccc2c(OC(CC)C(=O)OC(C)(C)C)c2cc(Cl)ccc12)C(=O)OC(C)(C)C. The third-order valence-corrected chi connectivity index (χ3v) is 5.72. The Morgan fingerprint density at radius 3 is 1.51 bits per heavy atom. The van der Waals surface area contributed by atoms with E-state index in [2.05, 4.69) is 0 Å². The molecule has 0 amide bonds. The van der Waals surface area contributed by atoms with Gasteiger partial charge in [-0.15, -0.1) is 0 Å². The van der Waals surface area contributed by atoms with Crippen molar-refractivity contribution in [2.24, 2.45) is 0 Å². The zero-order valence-corrected chi connectivity index (χ0v) is 23.7. The second-order valence-corrected chi connectivity index (χ2v) is 11.4. The Morgan fingerprint density at radius 2 is 1.11 bits per heavy atom. The van der Waals surface area contributed by atoms with Gasteiger partial charge in [-0.3, -0.25) is 0 Å². The number of carbonyl (C=O) groups is 2. The van der Waals surface area contributed by atoms with E-state index in [0.29, 0.717) is 40.1 Å². The summed E-state index contributed by atoms with van der Waals surface area (Å²) in [4.78, 5) is 25.8. The van der Waals surface area contributed by atoms with E-state index in [9.17, 15) is 9.59 Å². The maximum absolute atomic E-state index is 12.9. The van der Waals surface area contributed by atoms with Crippen LogP contribution in [0.1, 0.15) is 68.2 Å². The number of hydrogen-bond donors (Lipinski definition) is 0. The molecule has 0 radical (unpaired) electrons. The highest BCUT2D eigenvalue weighted by Gasteiger charge is 2.30. The van der Waals surface area contributed by atoms with Gasteiger partial charge in [0.1, 0.15) is 22.7 Å². The summed E-state index contributed by atoms with van der Waals surface area (Å²) in [5.41, 5.74) is -1.28. The van der Waals surface area contributed by atoms with Gasteiger partial charge in [0.2, 0.25) is 0 Å². The summed E-state index contributed by atoms with van der Waals surface area (Å²) in [6, 6.07) is 12.9. The van der Waals surface area contributed by atoms with Gasteiger partial charge in [-0.2, -0.15) is 0 Å². The fraction of sp³-hybridized carbons (Fsp3) is 0.467. The summed E-state index contributed by atoms with van der Waals surface area (Å²) >= 11 is 6.41. The normalized spacial score (nSPS) is 13.8. The highest BCUT2D eigenvalue weighted by Crippen LogP contribution is 2.44. The van der Waals surface area contributed by atoms with Gasteiger partial charge in [-0.1, -0.05) is 49.7 Å². The zero-order valence-electron chi connectivity index (χ0n) is 22.9. The lowest BCUT2D eigenvalue weighted by Crippen LogP contribution is -2.35. The highest BCUT2D eigenvalue weighted by molar-refractivity contribution is 6.31. The van der Waals surface area contributed by atoms with Crippen molar-refractivity contribution in [2.45, 2.75) is 91.6 Å². The van der Waals surface area contributed by atoms with Crippen LogP contribution in [-0.4, -0.2) is 35.3 Å². The largest absolute Gasteiger partial charge is 0.477 e. The van der Waals surface area contributed by atoms with Crippen molar-refractivity contribution < 1.29 is 28.5 Å². The Labute approximate surface area is 224 Å². The molecule has 3 aromatic rings. The molecule has 0 heterocycles. The first-order valence-electron chi connectivity index (χ1n) is 12.7. The lowest BCUT2D eigenvalue weighted by atomic mass is 10.00. The van der Waals surface area contributed by atoms with Gasteiger partial charge in [-0.25, -0.2) is 9.59 Å². The molecule has 37 heavy (non-hydrogen) atoms. The van der Waals surface area contributed by atoms with Crippen LogP contribution < -0.4 is 9.47 Å². The second kappa shape index (κ2) is 11.2. The molecule has 0 aliphatic rings. The van der Waals surface area contributed by atoms with E-state index < -0.39 is 35.3 Å². The minimum Gasteiger partial charge on any atom is -0.477 e. The molecule has 3 rings (SSSR count). The van der Waals surface area contributed by atoms with Crippen molar-refractivity contribution in [3.05, 3.63) is 47.5 Å². The van der Waals surface area contributed by atoms with Crippen molar-refractivity contribution in [1.82, 2.24) is 0 Å². The lowest BCUT2D eigenvalue weighted by Gasteiger charge is -2.27. The third kappa shape index (κ3) is 7.07. The third-order valence-electron chi connectivity index (χ3n) is 5.49. The van der Waals surface area contributed by atoms with Crippen LogP contribution in [0.25, 0.3) is 21.5 Å². The smallest absolute Gasteiger partial charge is 0.347 e. The number of carbonyl (C=O) groups excluding carboxylic acids is 2. The average Bonchev–Trinajstić information content (AvgIpc) is 2.79. The molecule has 200 valence electrons. The first-order valence-corrected chi connectivity index (χ1v) is 13.0. The van der Waals surface area contributed by atoms with Gasteiger partial charge < -0.3 is 18.9 Å². The first-order chi connectivity index (χ1) is 17.2. The summed E-state index contributed by atoms with van der Waals surface area (Å²) in [7, 11) is 0. The monoisotopic (exact) mass is 528 g/mol. The van der Waals surface area contributed by atoms with Gasteiger partial charge in [0.05, 0.1) is 0 Å². The Hall–Kier alpha value is -2.99. The lowest BCUT2D eigenvalue weighted by molar-refractivity contribution is -0.164. The van der Waals surface area contributed by atoms with Crippen LogP contribution in [0.4, 0.5) is 0 Å². The van der Waals surface area contributed by atoms with E-state index in [1.54, 1.807) is 12.1 Å². The van der Waals surface area contributed by atoms with Crippen LogP contribution in [0.2, 0.25) is 5.02 Å². The molecule has 0 aliphatic carbocycles. The van der Waals surface area contributed by atoms with E-state index in [4.69, 9.17) is 30.5 Å². The van der Waals surface area contributed by atoms with Gasteiger partial charge in [-0.05, 0) is 72.6 Å². The molecular formula is C30H37ClO6. The van der Waals surface area contributed by atoms with Crippen molar-refractivity contribution in [3.63, 3.8) is 0 Å². The summed E-state index contributed by atoms with van der Waals surface area (Å²) in [6.07, 6.45) is -0.784. The number of ether oxygens (including phenoxy) is 4. The van der Waals surface area contributed by atoms with Crippen LogP contribution >= 0.6 is 11.6 Å². The van der Waals surface area contributed by atoms with Gasteiger partial charge >= 0.3 is 11.9 Å². The minimum absolute atomic E-state index is 0.417. The van der Waals surface area contributed by atoms with E-state index in [0.717, 1.165) is 10.8 Å². The molecular weight excluding hydrogens is 492 g/mol. The maximum Gasteiger partial charge on any atom is 0.347 e. The summed E-state index contributed by atoms with van der Waals surface area (Å²) in [5.74, 6) is 0.157. The predicted octanol–water partition coefficient (Wildman–Crippen LogP) is 7.64. The fourth-order valence-corrected chi connectivity index (χ4v) is 4.11. The molecule has 0 aromatic heterocycles. The molecule has 0 aliphatic heterocycles. The van der Waals surface area contributed by atoms with Crippen molar-refractivity contribution in [3.8, 4) is 11.5 Å². The summed E-state index contributed by atoms with van der Waals surface area (Å²) in [5, 5.41) is 3.35. The molecule has 0 saturated heterocycles. The first kappa shape index (κ1) is 28.6. The molecule has 0 bridgehead atoms. The van der Waals surface area contributed by atoms with Gasteiger partial charge in [0, 0.05) is 26.6 Å². The van der Waals surface area contributed by atoms with Crippen LogP contribution in [0.3, 0.4) is 0 Å². The Bertz CT molecular complexity index is 1290. The highest BCUT2D eigenvalue weighted by atomic mass is 35.5. The molecule has 3 aromatic carbocycles. The predicted molar refractivity (Wildman–Crippen MR) is 148 cm³/mol. The maximum atomic E-state index is 12.9. The van der Waals surface area contributed by atoms with Crippen molar-refractivity contribution in [2.75, 3.05) is 0 Å². The van der Waals surface area contributed by atoms with E-state index in [-0.39, 0.29) is 0 Å². The van der Waals surface area contributed by atoms with Gasteiger partial charge in [0.15, 0.2) is 12.2 Å².